The zero-order valence-electron chi connectivity index (χ0n) is 14.7. The zero-order chi connectivity index (χ0) is 18.7. The molecule has 0 saturated heterocycles. The lowest BCUT2D eigenvalue weighted by Crippen LogP contribution is -2.39. The van der Waals surface area contributed by atoms with E-state index >= 15 is 0 Å². The van der Waals surface area contributed by atoms with Gasteiger partial charge in [0.05, 0.1) is 0 Å². The van der Waals surface area contributed by atoms with E-state index in [0.29, 0.717) is 23.9 Å². The van der Waals surface area contributed by atoms with Crippen molar-refractivity contribution in [1.82, 2.24) is 4.90 Å². The molecule has 0 N–H and O–H groups in total. The van der Waals surface area contributed by atoms with Crippen molar-refractivity contribution >= 4 is 34.8 Å². The summed E-state index contributed by atoms with van der Waals surface area (Å²) in [6, 6.07) is 7.20. The standard InChI is InChI=1S/C19H20ClNO4S/c1-12-9-15(20)3-4-16(12)25-13(2)19(23)24-11-18(22)21-7-5-17-14(10-21)6-8-26-17/h3-4,6,8-9,13H,5,7,10-11H2,1-2H3. The molecule has 1 aliphatic rings. The first kappa shape index (κ1) is 18.7. The Bertz CT molecular complexity index is 820. The Morgan fingerprint density at radius 1 is 1.35 bits per heavy atom. The van der Waals surface area contributed by atoms with Crippen molar-refractivity contribution in [3.8, 4) is 5.75 Å². The minimum absolute atomic E-state index is 0.190. The van der Waals surface area contributed by atoms with E-state index in [1.165, 1.54) is 10.4 Å². The number of rotatable bonds is 5. The number of halogens is 1. The zero-order valence-corrected chi connectivity index (χ0v) is 16.2. The monoisotopic (exact) mass is 393 g/mol. The van der Waals surface area contributed by atoms with Crippen LogP contribution in [-0.4, -0.2) is 36.0 Å². The fourth-order valence-electron chi connectivity index (χ4n) is 2.79. The molecule has 0 fully saturated rings. The van der Waals surface area contributed by atoms with Crippen LogP contribution >= 0.6 is 22.9 Å². The maximum Gasteiger partial charge on any atom is 0.347 e. The predicted molar refractivity (Wildman–Crippen MR) is 101 cm³/mol. The minimum atomic E-state index is -0.812. The molecule has 1 amide bonds. The van der Waals surface area contributed by atoms with E-state index < -0.39 is 12.1 Å². The van der Waals surface area contributed by atoms with Gasteiger partial charge in [-0.1, -0.05) is 11.6 Å². The summed E-state index contributed by atoms with van der Waals surface area (Å²) in [5.41, 5.74) is 2.00. The molecule has 1 aromatic carbocycles. The third kappa shape index (κ3) is 4.37. The van der Waals surface area contributed by atoms with Gasteiger partial charge in [0.25, 0.3) is 5.91 Å². The van der Waals surface area contributed by atoms with Crippen LogP contribution in [0.2, 0.25) is 5.02 Å². The lowest BCUT2D eigenvalue weighted by atomic mass is 10.1. The number of thiophene rings is 1. The average molecular weight is 394 g/mol. The van der Waals surface area contributed by atoms with Gasteiger partial charge in [0.2, 0.25) is 0 Å². The van der Waals surface area contributed by atoms with E-state index in [1.54, 1.807) is 41.4 Å². The van der Waals surface area contributed by atoms with E-state index in [0.717, 1.165) is 12.0 Å². The molecular formula is C19H20ClNO4S. The highest BCUT2D eigenvalue weighted by Gasteiger charge is 2.24. The highest BCUT2D eigenvalue weighted by molar-refractivity contribution is 7.10. The lowest BCUT2D eigenvalue weighted by molar-refractivity contribution is -0.157. The Kier molecular flexibility index (Phi) is 5.84. The maximum absolute atomic E-state index is 12.3. The number of amides is 1. The first-order valence-electron chi connectivity index (χ1n) is 8.36. The number of aryl methyl sites for hydroxylation is 1. The Labute approximate surface area is 161 Å². The van der Waals surface area contributed by atoms with Crippen molar-refractivity contribution in [2.24, 2.45) is 0 Å². The molecule has 1 unspecified atom stereocenters. The Morgan fingerprint density at radius 2 is 2.15 bits per heavy atom. The van der Waals surface area contributed by atoms with Crippen LogP contribution < -0.4 is 4.74 Å². The Morgan fingerprint density at radius 3 is 2.92 bits per heavy atom. The summed E-state index contributed by atoms with van der Waals surface area (Å²) in [6.45, 7) is 4.40. The third-order valence-electron chi connectivity index (χ3n) is 4.27. The summed E-state index contributed by atoms with van der Waals surface area (Å²) < 4.78 is 10.8. The van der Waals surface area contributed by atoms with Crippen LogP contribution in [0.1, 0.15) is 22.9 Å². The molecule has 2 aromatic rings. The van der Waals surface area contributed by atoms with Gasteiger partial charge in [-0.15, -0.1) is 11.3 Å². The normalized spacial score (nSPS) is 14.5. The number of nitrogens with zero attached hydrogens (tertiary/aromatic N) is 1. The number of hydrogen-bond acceptors (Lipinski definition) is 5. The number of hydrogen-bond donors (Lipinski definition) is 0. The summed E-state index contributed by atoms with van der Waals surface area (Å²) in [6.07, 6.45) is 0.0368. The second-order valence-corrected chi connectivity index (χ2v) is 7.65. The van der Waals surface area contributed by atoms with E-state index in [-0.39, 0.29) is 12.5 Å². The molecule has 0 radical (unpaired) electrons. The second-order valence-electron chi connectivity index (χ2n) is 6.21. The van der Waals surface area contributed by atoms with Crippen LogP contribution in [0.25, 0.3) is 0 Å². The van der Waals surface area contributed by atoms with E-state index in [1.807, 2.05) is 18.4 Å². The fraction of sp³-hybridized carbons (Fsp3) is 0.368. The summed E-state index contributed by atoms with van der Waals surface area (Å²) in [5, 5.41) is 2.64. The number of carbonyl (C=O) groups excluding carboxylic acids is 2. The summed E-state index contributed by atoms with van der Waals surface area (Å²) in [4.78, 5) is 27.5. The Hall–Kier alpha value is -2.05. The van der Waals surface area contributed by atoms with Crippen molar-refractivity contribution in [1.29, 1.82) is 0 Å². The topological polar surface area (TPSA) is 55.8 Å². The molecule has 1 aromatic heterocycles. The van der Waals surface area contributed by atoms with Crippen molar-refractivity contribution in [3.63, 3.8) is 0 Å². The molecule has 0 bridgehead atoms. The molecule has 0 saturated carbocycles. The molecule has 2 heterocycles. The number of carbonyl (C=O) groups is 2. The second kappa shape index (κ2) is 8.10. The van der Waals surface area contributed by atoms with E-state index in [2.05, 4.69) is 0 Å². The van der Waals surface area contributed by atoms with Gasteiger partial charge in [-0.25, -0.2) is 4.79 Å². The molecule has 5 nitrogen and oxygen atoms in total. The van der Waals surface area contributed by atoms with Gasteiger partial charge >= 0.3 is 5.97 Å². The molecule has 26 heavy (non-hydrogen) atoms. The van der Waals surface area contributed by atoms with Crippen molar-refractivity contribution < 1.29 is 19.1 Å². The van der Waals surface area contributed by atoms with Crippen LogP contribution in [0.15, 0.2) is 29.6 Å². The summed E-state index contributed by atoms with van der Waals surface area (Å²) >= 11 is 7.63. The predicted octanol–water partition coefficient (Wildman–Crippen LogP) is 3.61. The van der Waals surface area contributed by atoms with Crippen LogP contribution in [0, 0.1) is 6.92 Å². The van der Waals surface area contributed by atoms with Crippen molar-refractivity contribution in [2.45, 2.75) is 32.9 Å². The van der Waals surface area contributed by atoms with Gasteiger partial charge in [0.15, 0.2) is 12.7 Å². The largest absolute Gasteiger partial charge is 0.479 e. The summed E-state index contributed by atoms with van der Waals surface area (Å²) in [7, 11) is 0. The smallest absolute Gasteiger partial charge is 0.347 e. The van der Waals surface area contributed by atoms with Gasteiger partial charge in [0.1, 0.15) is 5.75 Å². The Balaban J connectivity index is 1.49. The van der Waals surface area contributed by atoms with Gasteiger partial charge < -0.3 is 14.4 Å². The summed E-state index contributed by atoms with van der Waals surface area (Å²) in [5.74, 6) is -0.197. The van der Waals surface area contributed by atoms with Crippen LogP contribution in [0.5, 0.6) is 5.75 Å². The quantitative estimate of drug-likeness (QED) is 0.728. The molecule has 0 spiro atoms. The van der Waals surface area contributed by atoms with Gasteiger partial charge in [-0.3, -0.25) is 4.79 Å². The van der Waals surface area contributed by atoms with E-state index in [4.69, 9.17) is 21.1 Å². The van der Waals surface area contributed by atoms with Crippen LogP contribution in [0.4, 0.5) is 0 Å². The van der Waals surface area contributed by atoms with Crippen LogP contribution in [0.3, 0.4) is 0 Å². The first-order valence-corrected chi connectivity index (χ1v) is 9.62. The van der Waals surface area contributed by atoms with Gasteiger partial charge in [-0.2, -0.15) is 0 Å². The van der Waals surface area contributed by atoms with E-state index in [9.17, 15) is 9.59 Å². The van der Waals surface area contributed by atoms with Gasteiger partial charge in [-0.05, 0) is 61.0 Å². The number of ether oxygens (including phenoxy) is 2. The number of fused-ring (bicyclic) bond motifs is 1. The molecule has 1 atom stereocenters. The highest BCUT2D eigenvalue weighted by Crippen LogP contribution is 2.24. The fourth-order valence-corrected chi connectivity index (χ4v) is 3.90. The third-order valence-corrected chi connectivity index (χ3v) is 5.53. The molecule has 0 aliphatic carbocycles. The number of esters is 1. The maximum atomic E-state index is 12.3. The van der Waals surface area contributed by atoms with Gasteiger partial charge in [0, 0.05) is 23.0 Å². The average Bonchev–Trinajstić information content (AvgIpc) is 3.09. The highest BCUT2D eigenvalue weighted by atomic mass is 35.5. The van der Waals surface area contributed by atoms with Crippen molar-refractivity contribution in [3.05, 3.63) is 50.7 Å². The SMILES string of the molecule is Cc1cc(Cl)ccc1OC(C)C(=O)OCC(=O)N1CCc2sccc2C1. The first-order chi connectivity index (χ1) is 12.4. The molecular weight excluding hydrogens is 374 g/mol. The minimum Gasteiger partial charge on any atom is -0.479 e. The molecule has 138 valence electrons. The molecule has 1 aliphatic heterocycles. The number of benzene rings is 1. The lowest BCUT2D eigenvalue weighted by Gasteiger charge is -2.27. The molecule has 7 heteroatoms. The molecule has 3 rings (SSSR count). The van der Waals surface area contributed by atoms with Crippen molar-refractivity contribution in [2.75, 3.05) is 13.2 Å². The van der Waals surface area contributed by atoms with Crippen LogP contribution in [-0.2, 0) is 27.3 Å².